The molecule has 0 saturated carbocycles. The summed E-state index contributed by atoms with van der Waals surface area (Å²) in [6.07, 6.45) is 0. The molecule has 6 nitrogen and oxygen atoms in total. The van der Waals surface area contributed by atoms with E-state index < -0.39 is 0 Å². The molecule has 4 N–H and O–H groups in total. The van der Waals surface area contributed by atoms with Crippen molar-refractivity contribution >= 4 is 5.84 Å². The third-order valence-electron chi connectivity index (χ3n) is 3.17. The Balaban J connectivity index is 3.06. The molecule has 0 unspecified atom stereocenters. The molecule has 0 saturated heterocycles. The SMILES string of the molecule is COc1ccc(/C(N)=N/O)cc1CN(CCO)C(C)C. The zero-order valence-electron chi connectivity index (χ0n) is 12.2. The maximum absolute atomic E-state index is 9.13. The third kappa shape index (κ3) is 4.11. The molecule has 20 heavy (non-hydrogen) atoms. The van der Waals surface area contributed by atoms with Crippen LogP contribution in [-0.4, -0.2) is 47.4 Å². The van der Waals surface area contributed by atoms with E-state index in [4.69, 9.17) is 20.8 Å². The molecule has 0 aromatic heterocycles. The first-order chi connectivity index (χ1) is 9.53. The summed E-state index contributed by atoms with van der Waals surface area (Å²) in [6, 6.07) is 5.66. The van der Waals surface area contributed by atoms with Crippen LogP contribution in [0.4, 0.5) is 0 Å². The van der Waals surface area contributed by atoms with Crippen molar-refractivity contribution < 1.29 is 15.1 Å². The Hall–Kier alpha value is -1.79. The number of benzene rings is 1. The van der Waals surface area contributed by atoms with E-state index in [2.05, 4.69) is 23.9 Å². The van der Waals surface area contributed by atoms with Gasteiger partial charge in [0.25, 0.3) is 0 Å². The molecule has 1 aromatic rings. The van der Waals surface area contributed by atoms with Gasteiger partial charge in [0.05, 0.1) is 13.7 Å². The van der Waals surface area contributed by atoms with Gasteiger partial charge in [0, 0.05) is 30.3 Å². The summed E-state index contributed by atoms with van der Waals surface area (Å²) in [4.78, 5) is 2.12. The second-order valence-electron chi connectivity index (χ2n) is 4.80. The average molecular weight is 281 g/mol. The van der Waals surface area contributed by atoms with Crippen molar-refractivity contribution in [3.05, 3.63) is 29.3 Å². The fourth-order valence-corrected chi connectivity index (χ4v) is 1.99. The second-order valence-corrected chi connectivity index (χ2v) is 4.80. The monoisotopic (exact) mass is 281 g/mol. The van der Waals surface area contributed by atoms with Crippen LogP contribution < -0.4 is 10.5 Å². The Morgan fingerprint density at radius 3 is 2.65 bits per heavy atom. The van der Waals surface area contributed by atoms with Gasteiger partial charge in [-0.1, -0.05) is 5.16 Å². The lowest BCUT2D eigenvalue weighted by molar-refractivity contribution is 0.158. The minimum atomic E-state index is 0.0622. The lowest BCUT2D eigenvalue weighted by atomic mass is 10.1. The van der Waals surface area contributed by atoms with Crippen molar-refractivity contribution in [2.75, 3.05) is 20.3 Å². The lowest BCUT2D eigenvalue weighted by Gasteiger charge is -2.26. The van der Waals surface area contributed by atoms with Gasteiger partial charge in [-0.25, -0.2) is 0 Å². The molecule has 0 aliphatic heterocycles. The van der Waals surface area contributed by atoms with Gasteiger partial charge in [0.1, 0.15) is 5.75 Å². The highest BCUT2D eigenvalue weighted by Gasteiger charge is 2.14. The third-order valence-corrected chi connectivity index (χ3v) is 3.17. The maximum atomic E-state index is 9.13. The molecule has 0 aliphatic rings. The lowest BCUT2D eigenvalue weighted by Crippen LogP contribution is -2.33. The second kappa shape index (κ2) is 7.72. The molecule has 0 aliphatic carbocycles. The van der Waals surface area contributed by atoms with Crippen LogP contribution in [0.1, 0.15) is 25.0 Å². The number of rotatable bonds is 7. The highest BCUT2D eigenvalue weighted by molar-refractivity contribution is 5.97. The van der Waals surface area contributed by atoms with Crippen LogP contribution in [-0.2, 0) is 6.54 Å². The summed E-state index contributed by atoms with van der Waals surface area (Å²) in [6.45, 7) is 5.42. The first-order valence-electron chi connectivity index (χ1n) is 6.53. The number of methoxy groups -OCH3 is 1. The van der Waals surface area contributed by atoms with Crippen molar-refractivity contribution in [3.8, 4) is 5.75 Å². The molecule has 0 spiro atoms. The molecule has 112 valence electrons. The number of nitrogens with two attached hydrogens (primary N) is 1. The molecule has 1 rings (SSSR count). The number of nitrogens with zero attached hydrogens (tertiary/aromatic N) is 2. The first kappa shape index (κ1) is 16.3. The number of aliphatic hydroxyl groups is 1. The van der Waals surface area contributed by atoms with E-state index in [9.17, 15) is 0 Å². The van der Waals surface area contributed by atoms with Gasteiger partial charge >= 0.3 is 0 Å². The Morgan fingerprint density at radius 1 is 1.45 bits per heavy atom. The average Bonchev–Trinajstić information content (AvgIpc) is 2.45. The highest BCUT2D eigenvalue weighted by atomic mass is 16.5. The zero-order chi connectivity index (χ0) is 15.1. The summed E-state index contributed by atoms with van der Waals surface area (Å²) in [7, 11) is 1.60. The van der Waals surface area contributed by atoms with Crippen molar-refractivity contribution in [1.82, 2.24) is 4.90 Å². The normalized spacial score (nSPS) is 12.2. The number of amidine groups is 1. The number of aliphatic hydroxyl groups excluding tert-OH is 1. The summed E-state index contributed by atoms with van der Waals surface area (Å²) < 4.78 is 5.34. The standard InChI is InChI=1S/C14H23N3O3/c1-10(2)17(6-7-18)9-12-8-11(14(15)16-19)4-5-13(12)20-3/h4-5,8,10,18-19H,6-7,9H2,1-3H3,(H2,15,16). The molecule has 0 heterocycles. The summed E-state index contributed by atoms with van der Waals surface area (Å²) in [5.74, 6) is 0.801. The van der Waals surface area contributed by atoms with Crippen molar-refractivity contribution in [1.29, 1.82) is 0 Å². The van der Waals surface area contributed by atoms with Gasteiger partial charge in [-0.3, -0.25) is 4.90 Å². The van der Waals surface area contributed by atoms with Gasteiger partial charge in [0.2, 0.25) is 0 Å². The maximum Gasteiger partial charge on any atom is 0.170 e. The molecular weight excluding hydrogens is 258 g/mol. The van der Waals surface area contributed by atoms with E-state index in [0.717, 1.165) is 11.3 Å². The van der Waals surface area contributed by atoms with E-state index in [1.54, 1.807) is 19.2 Å². The van der Waals surface area contributed by atoms with Crippen LogP contribution in [0.5, 0.6) is 5.75 Å². The van der Waals surface area contributed by atoms with E-state index in [1.165, 1.54) is 0 Å². The zero-order valence-corrected chi connectivity index (χ0v) is 12.2. The molecule has 0 amide bonds. The number of oxime groups is 1. The minimum Gasteiger partial charge on any atom is -0.496 e. The summed E-state index contributed by atoms with van der Waals surface area (Å²) >= 11 is 0. The minimum absolute atomic E-state index is 0.0622. The summed E-state index contributed by atoms with van der Waals surface area (Å²) in [5.41, 5.74) is 7.17. The fourth-order valence-electron chi connectivity index (χ4n) is 1.99. The summed E-state index contributed by atoms with van der Waals surface area (Å²) in [5, 5.41) is 20.9. The van der Waals surface area contributed by atoms with E-state index in [1.807, 2.05) is 6.07 Å². The van der Waals surface area contributed by atoms with E-state index in [0.29, 0.717) is 24.7 Å². The smallest absolute Gasteiger partial charge is 0.170 e. The first-order valence-corrected chi connectivity index (χ1v) is 6.53. The molecule has 0 radical (unpaired) electrons. The predicted octanol–water partition coefficient (Wildman–Crippen LogP) is 0.992. The quantitative estimate of drug-likeness (QED) is 0.300. The van der Waals surface area contributed by atoms with Crippen LogP contribution >= 0.6 is 0 Å². The highest BCUT2D eigenvalue weighted by Crippen LogP contribution is 2.22. The topological polar surface area (TPSA) is 91.3 Å². The van der Waals surface area contributed by atoms with Crippen LogP contribution in [0.25, 0.3) is 0 Å². The van der Waals surface area contributed by atoms with Crippen molar-refractivity contribution in [2.24, 2.45) is 10.9 Å². The number of hydrogen-bond acceptors (Lipinski definition) is 5. The number of ether oxygens (including phenoxy) is 1. The fraction of sp³-hybridized carbons (Fsp3) is 0.500. The number of hydrogen-bond donors (Lipinski definition) is 3. The molecule has 6 heteroatoms. The Bertz CT molecular complexity index is 461. The van der Waals surface area contributed by atoms with Gasteiger partial charge in [-0.15, -0.1) is 0 Å². The van der Waals surface area contributed by atoms with Gasteiger partial charge in [0.15, 0.2) is 5.84 Å². The Labute approximate surface area is 119 Å². The van der Waals surface area contributed by atoms with Crippen LogP contribution in [0.3, 0.4) is 0 Å². The van der Waals surface area contributed by atoms with Crippen molar-refractivity contribution in [3.63, 3.8) is 0 Å². The van der Waals surface area contributed by atoms with Crippen LogP contribution in [0.15, 0.2) is 23.4 Å². The van der Waals surface area contributed by atoms with E-state index in [-0.39, 0.29) is 12.4 Å². The Kier molecular flexibility index (Phi) is 6.27. The Morgan fingerprint density at radius 2 is 2.15 bits per heavy atom. The van der Waals surface area contributed by atoms with Gasteiger partial charge in [-0.2, -0.15) is 0 Å². The van der Waals surface area contributed by atoms with Crippen molar-refractivity contribution in [2.45, 2.75) is 26.4 Å². The van der Waals surface area contributed by atoms with Gasteiger partial charge in [-0.05, 0) is 32.0 Å². The predicted molar refractivity (Wildman–Crippen MR) is 78.1 cm³/mol. The van der Waals surface area contributed by atoms with Crippen LogP contribution in [0.2, 0.25) is 0 Å². The molecule has 0 atom stereocenters. The largest absolute Gasteiger partial charge is 0.496 e. The van der Waals surface area contributed by atoms with E-state index >= 15 is 0 Å². The molecule has 0 bridgehead atoms. The molecule has 1 aromatic carbocycles. The van der Waals surface area contributed by atoms with Crippen LogP contribution in [0, 0.1) is 0 Å². The molecular formula is C14H23N3O3. The molecule has 0 fully saturated rings. The van der Waals surface area contributed by atoms with Gasteiger partial charge < -0.3 is 20.8 Å².